The van der Waals surface area contributed by atoms with Gasteiger partial charge in [-0.3, -0.25) is 0 Å². The van der Waals surface area contributed by atoms with E-state index in [0.717, 1.165) is 16.9 Å². The number of ether oxygens (including phenoxy) is 2. The van der Waals surface area contributed by atoms with Crippen LogP contribution in [0.25, 0.3) is 6.08 Å². The summed E-state index contributed by atoms with van der Waals surface area (Å²) in [5, 5.41) is 0. The van der Waals surface area contributed by atoms with E-state index in [1.165, 1.54) is 0 Å². The van der Waals surface area contributed by atoms with Crippen molar-refractivity contribution in [3.8, 4) is 11.5 Å². The van der Waals surface area contributed by atoms with Crippen LogP contribution in [0.4, 0.5) is 0 Å². The largest absolute Gasteiger partial charge is 0.497 e. The first kappa shape index (κ1) is 14.7. The van der Waals surface area contributed by atoms with Crippen LogP contribution in [0.15, 0.2) is 52.3 Å². The number of sulfone groups is 1. The fourth-order valence-corrected chi connectivity index (χ4v) is 3.89. The van der Waals surface area contributed by atoms with Crippen LogP contribution in [-0.2, 0) is 9.84 Å². The van der Waals surface area contributed by atoms with Crippen molar-refractivity contribution >= 4 is 15.9 Å². The second-order valence-corrected chi connectivity index (χ2v) is 7.09. The molecule has 4 nitrogen and oxygen atoms in total. The molecule has 1 aliphatic rings. The SMILES string of the molecule is COc1ccc(OCC2=Cc3ccc(C)cc3S2(=O)=O)cc1. The first-order valence-electron chi connectivity index (χ1n) is 6.84. The highest BCUT2D eigenvalue weighted by Gasteiger charge is 2.29. The van der Waals surface area contributed by atoms with E-state index >= 15 is 0 Å². The molecule has 3 rings (SSSR count). The Morgan fingerprint density at radius 1 is 1.00 bits per heavy atom. The number of aryl methyl sites for hydroxylation is 1. The van der Waals surface area contributed by atoms with Gasteiger partial charge in [0.2, 0.25) is 9.84 Å². The summed E-state index contributed by atoms with van der Waals surface area (Å²) < 4.78 is 35.6. The van der Waals surface area contributed by atoms with Gasteiger partial charge in [-0.2, -0.15) is 0 Å². The highest BCUT2D eigenvalue weighted by Crippen LogP contribution is 2.33. The molecule has 2 aromatic rings. The van der Waals surface area contributed by atoms with E-state index in [4.69, 9.17) is 9.47 Å². The molecule has 114 valence electrons. The Balaban J connectivity index is 1.79. The summed E-state index contributed by atoms with van der Waals surface area (Å²) in [6.45, 7) is 1.89. The van der Waals surface area contributed by atoms with E-state index in [9.17, 15) is 8.42 Å². The van der Waals surface area contributed by atoms with Gasteiger partial charge in [0.1, 0.15) is 18.1 Å². The highest BCUT2D eigenvalue weighted by atomic mass is 32.2. The van der Waals surface area contributed by atoms with Gasteiger partial charge in [0.05, 0.1) is 16.9 Å². The second-order valence-electron chi connectivity index (χ2n) is 5.12. The molecule has 0 spiro atoms. The van der Waals surface area contributed by atoms with E-state index in [1.54, 1.807) is 43.5 Å². The number of rotatable bonds is 4. The maximum absolute atomic E-state index is 12.5. The zero-order chi connectivity index (χ0) is 15.7. The molecule has 0 bridgehead atoms. The fraction of sp³-hybridized carbons (Fsp3) is 0.176. The summed E-state index contributed by atoms with van der Waals surface area (Å²) >= 11 is 0. The minimum atomic E-state index is -3.44. The van der Waals surface area contributed by atoms with E-state index in [0.29, 0.717) is 10.6 Å². The molecule has 22 heavy (non-hydrogen) atoms. The minimum Gasteiger partial charge on any atom is -0.497 e. The van der Waals surface area contributed by atoms with Gasteiger partial charge in [0.25, 0.3) is 0 Å². The third-order valence-electron chi connectivity index (χ3n) is 3.56. The fourth-order valence-electron chi connectivity index (χ4n) is 2.33. The van der Waals surface area contributed by atoms with Crippen molar-refractivity contribution in [1.29, 1.82) is 0 Å². The minimum absolute atomic E-state index is 0.0163. The van der Waals surface area contributed by atoms with E-state index in [-0.39, 0.29) is 11.5 Å². The van der Waals surface area contributed by atoms with Gasteiger partial charge in [0.15, 0.2) is 0 Å². The van der Waals surface area contributed by atoms with Gasteiger partial charge in [0, 0.05) is 0 Å². The van der Waals surface area contributed by atoms with Crippen LogP contribution in [0.2, 0.25) is 0 Å². The van der Waals surface area contributed by atoms with Crippen LogP contribution in [0, 0.1) is 6.92 Å². The molecule has 0 unspecified atom stereocenters. The van der Waals surface area contributed by atoms with Crippen LogP contribution in [0.1, 0.15) is 11.1 Å². The quantitative estimate of drug-likeness (QED) is 0.869. The summed E-state index contributed by atoms with van der Waals surface area (Å²) in [7, 11) is -1.85. The molecule has 0 saturated heterocycles. The molecule has 0 aliphatic carbocycles. The number of hydrogen-bond acceptors (Lipinski definition) is 4. The molecule has 0 aromatic heterocycles. The standard InChI is InChI=1S/C17H16O4S/c1-12-3-4-13-10-16(22(18,19)17(13)9-12)11-21-15-7-5-14(20-2)6-8-15/h3-10H,11H2,1-2H3. The molecule has 0 amide bonds. The molecule has 5 heteroatoms. The Bertz CT molecular complexity index is 833. The molecule has 0 N–H and O–H groups in total. The smallest absolute Gasteiger partial charge is 0.206 e. The maximum Gasteiger partial charge on any atom is 0.206 e. The van der Waals surface area contributed by atoms with E-state index in [2.05, 4.69) is 0 Å². The normalized spacial score (nSPS) is 15.1. The van der Waals surface area contributed by atoms with Crippen molar-refractivity contribution < 1.29 is 17.9 Å². The Labute approximate surface area is 129 Å². The molecule has 1 heterocycles. The van der Waals surface area contributed by atoms with Gasteiger partial charge in [-0.15, -0.1) is 0 Å². The van der Waals surface area contributed by atoms with Crippen molar-refractivity contribution in [2.24, 2.45) is 0 Å². The van der Waals surface area contributed by atoms with Crippen molar-refractivity contribution in [2.75, 3.05) is 13.7 Å². The lowest BCUT2D eigenvalue weighted by molar-refractivity contribution is 0.357. The summed E-state index contributed by atoms with van der Waals surface area (Å²) in [6, 6.07) is 12.5. The van der Waals surface area contributed by atoms with Crippen molar-refractivity contribution in [3.63, 3.8) is 0 Å². The van der Waals surface area contributed by atoms with Crippen molar-refractivity contribution in [2.45, 2.75) is 11.8 Å². The van der Waals surface area contributed by atoms with Gasteiger partial charge < -0.3 is 9.47 Å². The van der Waals surface area contributed by atoms with E-state index in [1.807, 2.05) is 19.1 Å². The second kappa shape index (κ2) is 5.50. The van der Waals surface area contributed by atoms with Crippen LogP contribution in [0.3, 0.4) is 0 Å². The molecular weight excluding hydrogens is 300 g/mol. The van der Waals surface area contributed by atoms with Gasteiger partial charge in [-0.1, -0.05) is 12.1 Å². The zero-order valence-corrected chi connectivity index (χ0v) is 13.2. The van der Waals surface area contributed by atoms with Crippen LogP contribution < -0.4 is 9.47 Å². The zero-order valence-electron chi connectivity index (χ0n) is 12.4. The Kier molecular flexibility index (Phi) is 3.66. The summed E-state index contributed by atoms with van der Waals surface area (Å²) in [6.07, 6.45) is 1.67. The van der Waals surface area contributed by atoms with Crippen LogP contribution >= 0.6 is 0 Å². The molecule has 0 saturated carbocycles. The van der Waals surface area contributed by atoms with Gasteiger partial charge in [-0.25, -0.2) is 8.42 Å². The Morgan fingerprint density at radius 3 is 2.36 bits per heavy atom. The van der Waals surface area contributed by atoms with Crippen molar-refractivity contribution in [1.82, 2.24) is 0 Å². The molecule has 0 atom stereocenters. The summed E-state index contributed by atoms with van der Waals surface area (Å²) in [5.41, 5.74) is 1.65. The molecular formula is C17H16O4S. The summed E-state index contributed by atoms with van der Waals surface area (Å²) in [4.78, 5) is 0.643. The molecule has 2 aromatic carbocycles. The first-order valence-corrected chi connectivity index (χ1v) is 8.32. The van der Waals surface area contributed by atoms with Crippen molar-refractivity contribution in [3.05, 3.63) is 58.5 Å². The van der Waals surface area contributed by atoms with Crippen LogP contribution in [0.5, 0.6) is 11.5 Å². The number of hydrogen-bond donors (Lipinski definition) is 0. The number of fused-ring (bicyclic) bond motifs is 1. The van der Waals surface area contributed by atoms with Gasteiger partial charge in [-0.05, 0) is 54.5 Å². The van der Waals surface area contributed by atoms with Gasteiger partial charge >= 0.3 is 0 Å². The topological polar surface area (TPSA) is 52.6 Å². The molecule has 1 aliphatic heterocycles. The Morgan fingerprint density at radius 2 is 1.68 bits per heavy atom. The van der Waals surface area contributed by atoms with E-state index < -0.39 is 9.84 Å². The molecule has 0 fully saturated rings. The first-order chi connectivity index (χ1) is 10.5. The number of benzene rings is 2. The summed E-state index contributed by atoms with van der Waals surface area (Å²) in [5.74, 6) is 1.33. The lowest BCUT2D eigenvalue weighted by Gasteiger charge is -2.08. The third-order valence-corrected chi connectivity index (χ3v) is 5.42. The lowest BCUT2D eigenvalue weighted by Crippen LogP contribution is -2.09. The highest BCUT2D eigenvalue weighted by molar-refractivity contribution is 7.95. The average Bonchev–Trinajstić information content (AvgIpc) is 2.76. The monoisotopic (exact) mass is 316 g/mol. The lowest BCUT2D eigenvalue weighted by atomic mass is 10.1. The Hall–Kier alpha value is -2.27. The molecule has 0 radical (unpaired) electrons. The third kappa shape index (κ3) is 2.60. The predicted octanol–water partition coefficient (Wildman–Crippen LogP) is 3.21. The van der Waals surface area contributed by atoms with Crippen LogP contribution in [-0.4, -0.2) is 22.1 Å². The maximum atomic E-state index is 12.5. The average molecular weight is 316 g/mol. The number of methoxy groups -OCH3 is 1. The predicted molar refractivity (Wildman–Crippen MR) is 84.8 cm³/mol.